The van der Waals surface area contributed by atoms with Crippen LogP contribution >= 0.6 is 0 Å². The Kier molecular flexibility index (Phi) is 6.22. The molecule has 1 amide bonds. The van der Waals surface area contributed by atoms with Crippen molar-refractivity contribution >= 4 is 11.9 Å². The van der Waals surface area contributed by atoms with Gasteiger partial charge in [0.1, 0.15) is 18.1 Å². The fourth-order valence-corrected chi connectivity index (χ4v) is 2.37. The van der Waals surface area contributed by atoms with Gasteiger partial charge in [-0.1, -0.05) is 17.7 Å². The molecule has 1 aromatic carbocycles. The van der Waals surface area contributed by atoms with Gasteiger partial charge >= 0.3 is 5.97 Å². The van der Waals surface area contributed by atoms with E-state index in [2.05, 4.69) is 10.1 Å². The van der Waals surface area contributed by atoms with Crippen LogP contribution in [0.4, 0.5) is 0 Å². The summed E-state index contributed by atoms with van der Waals surface area (Å²) in [6, 6.07) is 8.87. The van der Waals surface area contributed by atoms with Crippen LogP contribution in [0.5, 0.6) is 5.75 Å². The van der Waals surface area contributed by atoms with Crippen molar-refractivity contribution in [1.82, 2.24) is 5.32 Å². The van der Waals surface area contributed by atoms with Crippen molar-refractivity contribution in [2.75, 3.05) is 7.11 Å². The molecule has 2 aromatic rings. The molecular weight excluding hydrogens is 322 g/mol. The second kappa shape index (κ2) is 8.37. The maximum atomic E-state index is 12.1. The Morgan fingerprint density at radius 3 is 2.64 bits per heavy atom. The number of carbonyl (C=O) groups is 2. The van der Waals surface area contributed by atoms with E-state index in [0.717, 1.165) is 11.3 Å². The predicted octanol–water partition coefficient (Wildman–Crippen LogP) is 3.16. The van der Waals surface area contributed by atoms with Crippen molar-refractivity contribution in [2.45, 2.75) is 39.8 Å². The van der Waals surface area contributed by atoms with Crippen LogP contribution in [0.1, 0.15) is 40.8 Å². The van der Waals surface area contributed by atoms with Crippen molar-refractivity contribution in [1.29, 1.82) is 0 Å². The monoisotopic (exact) mass is 345 g/mol. The van der Waals surface area contributed by atoms with Crippen molar-refractivity contribution in [3.63, 3.8) is 0 Å². The number of methoxy groups -OCH3 is 1. The minimum absolute atomic E-state index is 0.103. The summed E-state index contributed by atoms with van der Waals surface area (Å²) in [5.41, 5.74) is 2.21. The summed E-state index contributed by atoms with van der Waals surface area (Å²) in [6.07, 6.45) is 0.103. The van der Waals surface area contributed by atoms with Crippen LogP contribution < -0.4 is 10.1 Å². The van der Waals surface area contributed by atoms with Gasteiger partial charge in [0.05, 0.1) is 13.5 Å². The normalized spacial score (nSPS) is 11.7. The van der Waals surface area contributed by atoms with Gasteiger partial charge in [-0.05, 0) is 44.5 Å². The van der Waals surface area contributed by atoms with E-state index < -0.39 is 0 Å². The summed E-state index contributed by atoms with van der Waals surface area (Å²) in [5, 5.41) is 2.69. The first kappa shape index (κ1) is 18.6. The fourth-order valence-electron chi connectivity index (χ4n) is 2.37. The van der Waals surface area contributed by atoms with Crippen molar-refractivity contribution in [2.24, 2.45) is 0 Å². The third-order valence-corrected chi connectivity index (χ3v) is 3.66. The molecule has 0 fully saturated rings. The third-order valence-electron chi connectivity index (χ3n) is 3.66. The molecule has 0 spiro atoms. The maximum Gasteiger partial charge on any atom is 0.307 e. The Morgan fingerprint density at radius 2 is 1.96 bits per heavy atom. The van der Waals surface area contributed by atoms with Crippen molar-refractivity contribution < 1.29 is 23.5 Å². The molecule has 6 heteroatoms. The Bertz CT molecular complexity index is 750. The maximum absolute atomic E-state index is 12.1. The van der Waals surface area contributed by atoms with Crippen LogP contribution in [0.25, 0.3) is 0 Å². The van der Waals surface area contributed by atoms with Crippen LogP contribution in [-0.4, -0.2) is 25.0 Å². The van der Waals surface area contributed by atoms with E-state index in [-0.39, 0.29) is 36.7 Å². The topological polar surface area (TPSA) is 77.8 Å². The Labute approximate surface area is 147 Å². The highest BCUT2D eigenvalue weighted by atomic mass is 16.5. The van der Waals surface area contributed by atoms with E-state index in [1.54, 1.807) is 19.1 Å². The van der Waals surface area contributed by atoms with Gasteiger partial charge in [-0.15, -0.1) is 0 Å². The fraction of sp³-hybridized carbons (Fsp3) is 0.368. The Morgan fingerprint density at radius 1 is 1.20 bits per heavy atom. The zero-order chi connectivity index (χ0) is 18.4. The highest BCUT2D eigenvalue weighted by molar-refractivity contribution is 5.91. The number of carbonyl (C=O) groups excluding carboxylic acids is 2. The number of hydrogen-bond acceptors (Lipinski definition) is 5. The van der Waals surface area contributed by atoms with Crippen molar-refractivity contribution in [3.8, 4) is 5.75 Å². The molecule has 1 aromatic heterocycles. The number of nitrogens with one attached hydrogen (secondary N) is 1. The molecule has 0 aliphatic heterocycles. The Hall–Kier alpha value is -2.76. The molecule has 0 saturated heterocycles. The standard InChI is InChI=1S/C19H23NO5/c1-12-5-7-16(13(2)9-12)24-11-15-6-8-17(25-15)19(22)20-14(3)10-18(21)23-4/h5-9,14H,10-11H2,1-4H3,(H,20,22). The molecule has 6 nitrogen and oxygen atoms in total. The first-order valence-corrected chi connectivity index (χ1v) is 8.05. The molecule has 1 atom stereocenters. The smallest absolute Gasteiger partial charge is 0.307 e. The molecule has 25 heavy (non-hydrogen) atoms. The van der Waals surface area contributed by atoms with Crippen LogP contribution in [0.15, 0.2) is 34.7 Å². The molecule has 0 saturated carbocycles. The number of ether oxygens (including phenoxy) is 2. The lowest BCUT2D eigenvalue weighted by Gasteiger charge is -2.11. The molecule has 0 bridgehead atoms. The van der Waals surface area contributed by atoms with Crippen LogP contribution in [0.2, 0.25) is 0 Å². The van der Waals surface area contributed by atoms with Gasteiger partial charge in [-0.2, -0.15) is 0 Å². The lowest BCUT2D eigenvalue weighted by atomic mass is 10.1. The number of furan rings is 1. The number of esters is 1. The van der Waals surface area contributed by atoms with E-state index >= 15 is 0 Å². The van der Waals surface area contributed by atoms with Gasteiger partial charge in [0.15, 0.2) is 5.76 Å². The van der Waals surface area contributed by atoms with Gasteiger partial charge < -0.3 is 19.2 Å². The predicted molar refractivity (Wildman–Crippen MR) is 92.5 cm³/mol. The number of benzene rings is 1. The molecule has 2 rings (SSSR count). The van der Waals surface area contributed by atoms with Crippen molar-refractivity contribution in [3.05, 3.63) is 53.0 Å². The summed E-state index contributed by atoms with van der Waals surface area (Å²) in [5.74, 6) is 0.741. The zero-order valence-electron chi connectivity index (χ0n) is 14.9. The first-order valence-electron chi connectivity index (χ1n) is 8.05. The van der Waals surface area contributed by atoms with E-state index in [4.69, 9.17) is 9.15 Å². The molecule has 0 aliphatic rings. The third kappa shape index (κ3) is 5.38. The van der Waals surface area contributed by atoms with E-state index in [0.29, 0.717) is 5.76 Å². The molecular formula is C19H23NO5. The summed E-state index contributed by atoms with van der Waals surface area (Å²) in [7, 11) is 1.31. The quantitative estimate of drug-likeness (QED) is 0.780. The van der Waals surface area contributed by atoms with E-state index in [1.165, 1.54) is 12.7 Å². The minimum atomic E-state index is -0.380. The summed E-state index contributed by atoms with van der Waals surface area (Å²) >= 11 is 0. The number of hydrogen-bond donors (Lipinski definition) is 1. The minimum Gasteiger partial charge on any atom is -0.485 e. The van der Waals surface area contributed by atoms with Gasteiger partial charge in [-0.3, -0.25) is 9.59 Å². The average Bonchev–Trinajstić information content (AvgIpc) is 3.03. The summed E-state index contributed by atoms with van der Waals surface area (Å²) in [6.45, 7) is 5.96. The average molecular weight is 345 g/mol. The SMILES string of the molecule is COC(=O)CC(C)NC(=O)c1ccc(COc2ccc(C)cc2C)o1. The van der Waals surface area contributed by atoms with E-state index in [9.17, 15) is 9.59 Å². The molecule has 0 aliphatic carbocycles. The summed E-state index contributed by atoms with van der Waals surface area (Å²) in [4.78, 5) is 23.3. The van der Waals surface area contributed by atoms with Crippen LogP contribution in [0.3, 0.4) is 0 Å². The Balaban J connectivity index is 1.90. The highest BCUT2D eigenvalue weighted by Crippen LogP contribution is 2.20. The molecule has 1 N–H and O–H groups in total. The molecule has 0 radical (unpaired) electrons. The molecule has 134 valence electrons. The molecule has 1 heterocycles. The second-order valence-electron chi connectivity index (χ2n) is 5.98. The zero-order valence-corrected chi connectivity index (χ0v) is 14.9. The lowest BCUT2D eigenvalue weighted by Crippen LogP contribution is -2.34. The first-order chi connectivity index (χ1) is 11.9. The second-order valence-corrected chi connectivity index (χ2v) is 5.98. The summed E-state index contributed by atoms with van der Waals surface area (Å²) < 4.78 is 15.8. The van der Waals surface area contributed by atoms with Crippen LogP contribution in [-0.2, 0) is 16.1 Å². The van der Waals surface area contributed by atoms with Gasteiger partial charge in [0.25, 0.3) is 5.91 Å². The van der Waals surface area contributed by atoms with Gasteiger partial charge in [0, 0.05) is 6.04 Å². The van der Waals surface area contributed by atoms with Crippen LogP contribution in [0, 0.1) is 13.8 Å². The van der Waals surface area contributed by atoms with Gasteiger partial charge in [-0.25, -0.2) is 0 Å². The number of rotatable bonds is 7. The highest BCUT2D eigenvalue weighted by Gasteiger charge is 2.16. The van der Waals surface area contributed by atoms with E-state index in [1.807, 2.05) is 32.0 Å². The van der Waals surface area contributed by atoms with Gasteiger partial charge in [0.2, 0.25) is 0 Å². The number of amides is 1. The number of aryl methyl sites for hydroxylation is 2. The molecule has 1 unspecified atom stereocenters. The largest absolute Gasteiger partial charge is 0.485 e. The lowest BCUT2D eigenvalue weighted by molar-refractivity contribution is -0.141.